The molecule has 4 heteroatoms. The molecule has 0 aliphatic carbocycles. The van der Waals surface area contributed by atoms with Crippen molar-refractivity contribution >= 4 is 17.3 Å². The van der Waals surface area contributed by atoms with Gasteiger partial charge in [0, 0.05) is 32.7 Å². The lowest BCUT2D eigenvalue weighted by atomic mass is 10.1. The van der Waals surface area contributed by atoms with Crippen molar-refractivity contribution in [3.63, 3.8) is 0 Å². The third kappa shape index (κ3) is 3.19. The van der Waals surface area contributed by atoms with Crippen LogP contribution in [0.1, 0.15) is 36.0 Å². The fourth-order valence-corrected chi connectivity index (χ4v) is 2.55. The average molecular weight is 261 g/mol. The molecule has 1 aliphatic heterocycles. The molecule has 1 fully saturated rings. The second kappa shape index (κ2) is 5.95. The Bertz CT molecular complexity index is 449. The number of carbonyl (C=O) groups excluding carboxylic acids is 1. The second-order valence-corrected chi connectivity index (χ2v) is 5.37. The van der Waals surface area contributed by atoms with Gasteiger partial charge in [0.05, 0.1) is 11.4 Å². The zero-order valence-electron chi connectivity index (χ0n) is 11.9. The van der Waals surface area contributed by atoms with E-state index in [0.29, 0.717) is 11.3 Å². The van der Waals surface area contributed by atoms with Crippen molar-refractivity contribution in [3.05, 3.63) is 23.8 Å². The molecular weight excluding hydrogens is 238 g/mol. The quantitative estimate of drug-likeness (QED) is 0.831. The molecule has 104 valence electrons. The highest BCUT2D eigenvalue weighted by atomic mass is 16.2. The summed E-state index contributed by atoms with van der Waals surface area (Å²) >= 11 is 0. The first-order valence-corrected chi connectivity index (χ1v) is 6.95. The third-order valence-corrected chi connectivity index (χ3v) is 3.65. The first kappa shape index (κ1) is 13.7. The fourth-order valence-electron chi connectivity index (χ4n) is 2.55. The molecule has 19 heavy (non-hydrogen) atoms. The predicted molar refractivity (Wildman–Crippen MR) is 79.6 cm³/mol. The van der Waals surface area contributed by atoms with E-state index in [-0.39, 0.29) is 5.91 Å². The molecule has 1 aromatic carbocycles. The fraction of sp³-hybridized carbons (Fsp3) is 0.533. The van der Waals surface area contributed by atoms with E-state index in [0.717, 1.165) is 31.6 Å². The Morgan fingerprint density at radius 3 is 2.32 bits per heavy atom. The zero-order chi connectivity index (χ0) is 13.8. The van der Waals surface area contributed by atoms with Crippen molar-refractivity contribution < 1.29 is 4.79 Å². The predicted octanol–water partition coefficient (Wildman–Crippen LogP) is 2.35. The van der Waals surface area contributed by atoms with Crippen molar-refractivity contribution in [1.29, 1.82) is 0 Å². The van der Waals surface area contributed by atoms with Gasteiger partial charge in [-0.25, -0.2) is 0 Å². The highest BCUT2D eigenvalue weighted by molar-refractivity contribution is 5.96. The molecule has 0 radical (unpaired) electrons. The van der Waals surface area contributed by atoms with Crippen LogP contribution in [0.5, 0.6) is 0 Å². The Hall–Kier alpha value is -1.71. The number of rotatable bonds is 2. The molecule has 1 aliphatic rings. The summed E-state index contributed by atoms with van der Waals surface area (Å²) in [4.78, 5) is 16.4. The summed E-state index contributed by atoms with van der Waals surface area (Å²) in [5, 5.41) is 0. The van der Waals surface area contributed by atoms with Gasteiger partial charge in [-0.3, -0.25) is 4.79 Å². The molecule has 1 aromatic rings. The van der Waals surface area contributed by atoms with Gasteiger partial charge in [0.15, 0.2) is 0 Å². The van der Waals surface area contributed by atoms with Crippen molar-refractivity contribution in [3.8, 4) is 0 Å². The smallest absolute Gasteiger partial charge is 0.253 e. The molecule has 0 bridgehead atoms. The van der Waals surface area contributed by atoms with Gasteiger partial charge in [0.2, 0.25) is 0 Å². The van der Waals surface area contributed by atoms with Crippen molar-refractivity contribution in [2.24, 2.45) is 0 Å². The summed E-state index contributed by atoms with van der Waals surface area (Å²) in [6.45, 7) is 1.74. The van der Waals surface area contributed by atoms with Crippen molar-refractivity contribution in [1.82, 2.24) is 4.90 Å². The number of nitrogen functional groups attached to an aromatic ring is 1. The number of hydrogen-bond donors (Lipinski definition) is 1. The van der Waals surface area contributed by atoms with Crippen LogP contribution < -0.4 is 10.6 Å². The summed E-state index contributed by atoms with van der Waals surface area (Å²) in [6, 6.07) is 5.59. The molecule has 4 nitrogen and oxygen atoms in total. The first-order valence-electron chi connectivity index (χ1n) is 6.95. The van der Waals surface area contributed by atoms with E-state index >= 15 is 0 Å². The lowest BCUT2D eigenvalue weighted by Crippen LogP contribution is -2.31. The lowest BCUT2D eigenvalue weighted by molar-refractivity contribution is 0.0761. The van der Waals surface area contributed by atoms with Crippen LogP contribution in [0, 0.1) is 0 Å². The summed E-state index contributed by atoms with van der Waals surface area (Å²) < 4.78 is 0. The first-order chi connectivity index (χ1) is 9.09. The summed E-state index contributed by atoms with van der Waals surface area (Å²) in [5.41, 5.74) is 8.32. The van der Waals surface area contributed by atoms with Crippen molar-refractivity contribution in [2.75, 3.05) is 37.8 Å². The number of nitrogens with zero attached hydrogens (tertiary/aromatic N) is 2. The minimum atomic E-state index is 0.110. The van der Waals surface area contributed by atoms with E-state index in [1.54, 1.807) is 6.07 Å². The minimum absolute atomic E-state index is 0.110. The van der Waals surface area contributed by atoms with Gasteiger partial charge in [-0.2, -0.15) is 0 Å². The summed E-state index contributed by atoms with van der Waals surface area (Å²) in [7, 11) is 3.89. The standard InChI is InChI=1S/C15H23N3O/c1-17(2)14-8-7-12(11-13(14)16)15(19)18-9-5-3-4-6-10-18/h7-8,11H,3-6,9-10,16H2,1-2H3. The van der Waals surface area contributed by atoms with Gasteiger partial charge < -0.3 is 15.5 Å². The lowest BCUT2D eigenvalue weighted by Gasteiger charge is -2.21. The Morgan fingerprint density at radius 2 is 1.79 bits per heavy atom. The second-order valence-electron chi connectivity index (χ2n) is 5.37. The largest absolute Gasteiger partial charge is 0.397 e. The molecule has 1 amide bonds. The molecule has 0 unspecified atom stereocenters. The van der Waals surface area contributed by atoms with Crippen LogP contribution in [-0.4, -0.2) is 38.0 Å². The average Bonchev–Trinajstić information content (AvgIpc) is 2.66. The molecule has 0 atom stereocenters. The van der Waals surface area contributed by atoms with E-state index in [4.69, 9.17) is 5.73 Å². The molecule has 0 saturated carbocycles. The normalized spacial score (nSPS) is 16.0. The third-order valence-electron chi connectivity index (χ3n) is 3.65. The molecule has 1 heterocycles. The summed E-state index contributed by atoms with van der Waals surface area (Å²) in [6.07, 6.45) is 4.67. The SMILES string of the molecule is CN(C)c1ccc(C(=O)N2CCCCCC2)cc1N. The maximum Gasteiger partial charge on any atom is 0.253 e. The Labute approximate surface area is 115 Å². The number of likely N-dealkylation sites (tertiary alicyclic amines) is 1. The Balaban J connectivity index is 2.16. The van der Waals surface area contributed by atoms with E-state index in [1.165, 1.54) is 12.8 Å². The molecule has 2 N–H and O–H groups in total. The van der Waals surface area contributed by atoms with Crippen LogP contribution in [0.25, 0.3) is 0 Å². The van der Waals surface area contributed by atoms with Crippen LogP contribution in [0.4, 0.5) is 11.4 Å². The monoisotopic (exact) mass is 261 g/mol. The Morgan fingerprint density at radius 1 is 1.16 bits per heavy atom. The van der Waals surface area contributed by atoms with Crippen LogP contribution in [0.2, 0.25) is 0 Å². The molecule has 0 spiro atoms. The number of benzene rings is 1. The van der Waals surface area contributed by atoms with E-state index in [2.05, 4.69) is 0 Å². The maximum atomic E-state index is 12.4. The van der Waals surface area contributed by atoms with Gasteiger partial charge in [-0.1, -0.05) is 12.8 Å². The van der Waals surface area contributed by atoms with E-state index in [1.807, 2.05) is 36.0 Å². The minimum Gasteiger partial charge on any atom is -0.397 e. The van der Waals surface area contributed by atoms with Crippen LogP contribution in [0.15, 0.2) is 18.2 Å². The number of anilines is 2. The van der Waals surface area contributed by atoms with Crippen LogP contribution in [0.3, 0.4) is 0 Å². The van der Waals surface area contributed by atoms with Gasteiger partial charge in [-0.15, -0.1) is 0 Å². The summed E-state index contributed by atoms with van der Waals surface area (Å²) in [5.74, 6) is 0.110. The number of amides is 1. The zero-order valence-corrected chi connectivity index (χ0v) is 11.9. The molecule has 2 rings (SSSR count). The van der Waals surface area contributed by atoms with E-state index < -0.39 is 0 Å². The number of hydrogen-bond acceptors (Lipinski definition) is 3. The number of nitrogens with two attached hydrogens (primary N) is 1. The van der Waals surface area contributed by atoms with Gasteiger partial charge in [0.1, 0.15) is 0 Å². The van der Waals surface area contributed by atoms with E-state index in [9.17, 15) is 4.79 Å². The highest BCUT2D eigenvalue weighted by Gasteiger charge is 2.18. The van der Waals surface area contributed by atoms with Crippen LogP contribution >= 0.6 is 0 Å². The van der Waals surface area contributed by atoms with Gasteiger partial charge >= 0.3 is 0 Å². The Kier molecular flexibility index (Phi) is 4.30. The van der Waals surface area contributed by atoms with Crippen molar-refractivity contribution in [2.45, 2.75) is 25.7 Å². The topological polar surface area (TPSA) is 49.6 Å². The van der Waals surface area contributed by atoms with Gasteiger partial charge in [-0.05, 0) is 31.0 Å². The van der Waals surface area contributed by atoms with Crippen LogP contribution in [-0.2, 0) is 0 Å². The van der Waals surface area contributed by atoms with Gasteiger partial charge in [0.25, 0.3) is 5.91 Å². The highest BCUT2D eigenvalue weighted by Crippen LogP contribution is 2.23. The number of carbonyl (C=O) groups is 1. The molecule has 0 aromatic heterocycles. The molecule has 1 saturated heterocycles. The molecular formula is C15H23N3O. The maximum absolute atomic E-state index is 12.4.